The molecule has 0 aromatic carbocycles. The summed E-state index contributed by atoms with van der Waals surface area (Å²) >= 11 is 0. The van der Waals surface area contributed by atoms with Gasteiger partial charge in [0.05, 0.1) is 6.67 Å². The molecule has 1 aromatic heterocycles. The largest absolute Gasteiger partial charge is 0.338 e. The summed E-state index contributed by atoms with van der Waals surface area (Å²) in [6, 6.07) is 0.759. The molecular weight excluding hydrogens is 281 g/mol. The van der Waals surface area contributed by atoms with E-state index in [1.54, 1.807) is 6.92 Å². The van der Waals surface area contributed by atoms with Crippen molar-refractivity contribution >= 4 is 26.5 Å². The number of amides is 3. The molecule has 4 N–H and O–H groups in total. The molecule has 0 aliphatic carbocycles. The van der Waals surface area contributed by atoms with Gasteiger partial charge >= 0.3 is 6.03 Å². The van der Waals surface area contributed by atoms with Gasteiger partial charge in [-0.3, -0.25) is 14.9 Å². The van der Waals surface area contributed by atoms with E-state index < -0.39 is 11.6 Å². The number of aromatic amines is 1. The van der Waals surface area contributed by atoms with Crippen LogP contribution < -0.4 is 21.5 Å². The van der Waals surface area contributed by atoms with E-state index in [0.717, 1.165) is 6.16 Å². The Morgan fingerprint density at radius 1 is 1.40 bits per heavy atom. The Kier molecular flexibility index (Phi) is 6.66. The lowest BCUT2D eigenvalue weighted by atomic mass is 10.4. The molecule has 1 aromatic rings. The Morgan fingerprint density at radius 2 is 2.15 bits per heavy atom. The second-order valence-corrected chi connectivity index (χ2v) is 5.50. The van der Waals surface area contributed by atoms with Gasteiger partial charge in [-0.15, -0.1) is 8.58 Å². The maximum Gasteiger partial charge on any atom is 0.322 e. The number of H-pyrrole nitrogens is 1. The minimum atomic E-state index is -0.558. The van der Waals surface area contributed by atoms with Crippen LogP contribution in [0.1, 0.15) is 12.6 Å². The van der Waals surface area contributed by atoms with Crippen LogP contribution in [0.25, 0.3) is 0 Å². The summed E-state index contributed by atoms with van der Waals surface area (Å²) in [7, 11) is 0.586. The lowest BCUT2D eigenvalue weighted by Gasteiger charge is -2.08. The number of rotatable bonds is 6. The summed E-state index contributed by atoms with van der Waals surface area (Å²) in [5, 5.41) is 7.37. The normalized spacial score (nSPS) is 10.5. The fourth-order valence-electron chi connectivity index (χ4n) is 1.31. The number of nitrogens with zero attached hydrogens (tertiary/aromatic N) is 1. The molecule has 0 aliphatic rings. The third-order valence-corrected chi connectivity index (χ3v) is 3.25. The lowest BCUT2D eigenvalue weighted by Crippen LogP contribution is -2.40. The Labute approximate surface area is 117 Å². The number of hydrogen-bond donors (Lipinski definition) is 4. The van der Waals surface area contributed by atoms with Crippen molar-refractivity contribution < 1.29 is 9.59 Å². The van der Waals surface area contributed by atoms with Crippen LogP contribution in [0.2, 0.25) is 0 Å². The molecule has 1 heterocycles. The third-order valence-electron chi connectivity index (χ3n) is 2.18. The highest BCUT2D eigenvalue weighted by Gasteiger charge is 2.05. The number of aromatic nitrogens is 2. The zero-order chi connectivity index (χ0) is 15.0. The van der Waals surface area contributed by atoms with Crippen LogP contribution in [-0.2, 0) is 4.79 Å². The topological polar surface area (TPSA) is 116 Å². The van der Waals surface area contributed by atoms with Crippen molar-refractivity contribution in [1.29, 1.82) is 0 Å². The van der Waals surface area contributed by atoms with Gasteiger partial charge in [0.25, 0.3) is 5.56 Å². The SMILES string of the molecule is CCPCC(=O)NCNC(=O)Nc1nc(=O)cc(C)[nH]1. The van der Waals surface area contributed by atoms with Crippen LogP contribution in [0.4, 0.5) is 10.7 Å². The summed E-state index contributed by atoms with van der Waals surface area (Å²) in [4.78, 5) is 40.3. The van der Waals surface area contributed by atoms with Gasteiger partial charge in [0.15, 0.2) is 0 Å². The zero-order valence-electron chi connectivity index (χ0n) is 11.4. The summed E-state index contributed by atoms with van der Waals surface area (Å²) < 4.78 is 0. The highest BCUT2D eigenvalue weighted by Crippen LogP contribution is 2.05. The maximum absolute atomic E-state index is 11.5. The second-order valence-electron chi connectivity index (χ2n) is 3.94. The zero-order valence-corrected chi connectivity index (χ0v) is 12.4. The molecule has 0 fully saturated rings. The molecule has 0 bridgehead atoms. The number of carbonyl (C=O) groups excluding carboxylic acids is 2. The molecule has 0 radical (unpaired) electrons. The summed E-state index contributed by atoms with van der Waals surface area (Å²) in [5.74, 6) is -0.0427. The highest BCUT2D eigenvalue weighted by molar-refractivity contribution is 7.39. The van der Waals surface area contributed by atoms with Crippen LogP contribution in [0, 0.1) is 6.92 Å². The molecule has 1 unspecified atom stereocenters. The fourth-order valence-corrected chi connectivity index (χ4v) is 1.92. The first-order chi connectivity index (χ1) is 9.51. The fraction of sp³-hybridized carbons (Fsp3) is 0.455. The number of urea groups is 1. The van der Waals surface area contributed by atoms with Gasteiger partial charge in [-0.1, -0.05) is 6.92 Å². The molecule has 0 spiro atoms. The molecule has 1 rings (SSSR count). The molecule has 1 atom stereocenters. The van der Waals surface area contributed by atoms with Crippen molar-refractivity contribution in [3.8, 4) is 0 Å². The van der Waals surface area contributed by atoms with Gasteiger partial charge in [0, 0.05) is 17.9 Å². The standard InChI is InChI=1S/C11H18N5O3P/c1-3-20-5-9(18)12-6-13-11(19)16-10-14-7(2)4-8(17)15-10/h4,20H,3,5-6H2,1-2H3,(H,12,18)(H3,13,14,15,16,17,19). The van der Waals surface area contributed by atoms with Crippen LogP contribution in [-0.4, -0.2) is 40.9 Å². The number of hydrogen-bond acceptors (Lipinski definition) is 4. The number of aryl methyl sites for hydroxylation is 1. The second kappa shape index (κ2) is 8.27. The minimum Gasteiger partial charge on any atom is -0.338 e. The van der Waals surface area contributed by atoms with Crippen LogP contribution in [0.5, 0.6) is 0 Å². The molecule has 0 saturated heterocycles. The van der Waals surface area contributed by atoms with E-state index in [-0.39, 0.29) is 18.5 Å². The highest BCUT2D eigenvalue weighted by atomic mass is 31.1. The molecule has 20 heavy (non-hydrogen) atoms. The molecule has 3 amide bonds. The van der Waals surface area contributed by atoms with E-state index in [9.17, 15) is 14.4 Å². The number of carbonyl (C=O) groups is 2. The first-order valence-corrected chi connectivity index (χ1v) is 7.53. The number of anilines is 1. The van der Waals surface area contributed by atoms with Crippen LogP contribution in [0.3, 0.4) is 0 Å². The van der Waals surface area contributed by atoms with Gasteiger partial charge in [0.2, 0.25) is 11.9 Å². The molecule has 0 saturated carbocycles. The van der Waals surface area contributed by atoms with Gasteiger partial charge in [0.1, 0.15) is 0 Å². The average molecular weight is 299 g/mol. The Hall–Kier alpha value is -1.95. The van der Waals surface area contributed by atoms with Crippen molar-refractivity contribution in [2.24, 2.45) is 0 Å². The Bertz CT molecular complexity index is 531. The first kappa shape index (κ1) is 16.1. The van der Waals surface area contributed by atoms with Gasteiger partial charge in [-0.25, -0.2) is 4.79 Å². The average Bonchev–Trinajstić information content (AvgIpc) is 2.35. The van der Waals surface area contributed by atoms with E-state index in [4.69, 9.17) is 0 Å². The Balaban J connectivity index is 2.33. The Morgan fingerprint density at radius 3 is 2.80 bits per heavy atom. The molecule has 9 heteroatoms. The maximum atomic E-state index is 11.5. The van der Waals surface area contributed by atoms with Crippen molar-refractivity contribution in [1.82, 2.24) is 20.6 Å². The monoisotopic (exact) mass is 299 g/mol. The van der Waals surface area contributed by atoms with Gasteiger partial charge in [-0.05, 0) is 13.1 Å². The van der Waals surface area contributed by atoms with Gasteiger partial charge in [-0.2, -0.15) is 4.98 Å². The van der Waals surface area contributed by atoms with Crippen molar-refractivity contribution in [3.63, 3.8) is 0 Å². The molecular formula is C11H18N5O3P. The first-order valence-electron chi connectivity index (χ1n) is 6.11. The quantitative estimate of drug-likeness (QED) is 0.436. The molecule has 8 nitrogen and oxygen atoms in total. The van der Waals surface area contributed by atoms with E-state index >= 15 is 0 Å². The van der Waals surface area contributed by atoms with E-state index in [1.807, 2.05) is 6.92 Å². The molecule has 110 valence electrons. The van der Waals surface area contributed by atoms with Gasteiger partial charge < -0.3 is 15.6 Å². The predicted octanol–water partition coefficient (Wildman–Crippen LogP) is -0.0281. The predicted molar refractivity (Wildman–Crippen MR) is 78.5 cm³/mol. The van der Waals surface area contributed by atoms with Crippen LogP contribution >= 0.6 is 8.58 Å². The lowest BCUT2D eigenvalue weighted by molar-refractivity contribution is -0.118. The van der Waals surface area contributed by atoms with Crippen molar-refractivity contribution in [2.45, 2.75) is 13.8 Å². The van der Waals surface area contributed by atoms with E-state index in [2.05, 4.69) is 25.9 Å². The summed E-state index contributed by atoms with van der Waals surface area (Å²) in [6.07, 6.45) is 1.43. The minimum absolute atomic E-state index is 0.0227. The summed E-state index contributed by atoms with van der Waals surface area (Å²) in [6.45, 7) is 3.71. The van der Waals surface area contributed by atoms with Crippen molar-refractivity contribution in [2.75, 3.05) is 24.3 Å². The van der Waals surface area contributed by atoms with Crippen molar-refractivity contribution in [3.05, 3.63) is 22.1 Å². The smallest absolute Gasteiger partial charge is 0.322 e. The van der Waals surface area contributed by atoms with Crippen LogP contribution in [0.15, 0.2) is 10.9 Å². The van der Waals surface area contributed by atoms with E-state index in [0.29, 0.717) is 20.4 Å². The summed E-state index contributed by atoms with van der Waals surface area (Å²) in [5.41, 5.74) is 0.152. The number of nitrogens with one attached hydrogen (secondary N) is 4. The van der Waals surface area contributed by atoms with E-state index in [1.165, 1.54) is 6.07 Å². The third kappa shape index (κ3) is 6.29. The molecule has 0 aliphatic heterocycles.